The molecular formula is C21H22N4OS. The minimum atomic E-state index is 0.207. The second kappa shape index (κ2) is 8.39. The monoisotopic (exact) mass is 378 g/mol. The lowest BCUT2D eigenvalue weighted by atomic mass is 10.2. The molecule has 2 aromatic carbocycles. The highest BCUT2D eigenvalue weighted by Gasteiger charge is 2.28. The van der Waals surface area contributed by atoms with Gasteiger partial charge in [0.1, 0.15) is 5.69 Å². The van der Waals surface area contributed by atoms with Gasteiger partial charge in [-0.05, 0) is 12.0 Å². The smallest absolute Gasteiger partial charge is 0.232 e. The van der Waals surface area contributed by atoms with Gasteiger partial charge in [-0.25, -0.2) is 4.68 Å². The van der Waals surface area contributed by atoms with E-state index < -0.39 is 0 Å². The van der Waals surface area contributed by atoms with Crippen molar-refractivity contribution in [2.24, 2.45) is 0 Å². The van der Waals surface area contributed by atoms with Gasteiger partial charge in [0.2, 0.25) is 5.91 Å². The van der Waals surface area contributed by atoms with E-state index in [1.54, 1.807) is 11.8 Å². The first-order valence-corrected chi connectivity index (χ1v) is 10.3. The molecule has 2 heterocycles. The van der Waals surface area contributed by atoms with E-state index in [-0.39, 0.29) is 11.9 Å². The van der Waals surface area contributed by atoms with Gasteiger partial charge in [-0.15, -0.1) is 16.9 Å². The first kappa shape index (κ1) is 17.8. The summed E-state index contributed by atoms with van der Waals surface area (Å²) in [4.78, 5) is 14.4. The molecule has 138 valence electrons. The van der Waals surface area contributed by atoms with Crippen LogP contribution in [0, 0.1) is 0 Å². The maximum atomic E-state index is 12.5. The Hall–Kier alpha value is -2.60. The van der Waals surface area contributed by atoms with Gasteiger partial charge in [0, 0.05) is 24.4 Å². The van der Waals surface area contributed by atoms with Gasteiger partial charge in [0.15, 0.2) is 0 Å². The minimum absolute atomic E-state index is 0.207. The number of hydrogen-bond donors (Lipinski definition) is 0. The zero-order valence-electron chi connectivity index (χ0n) is 15.1. The maximum absolute atomic E-state index is 12.5. The summed E-state index contributed by atoms with van der Waals surface area (Å²) in [6.45, 7) is 1.50. The van der Waals surface area contributed by atoms with Gasteiger partial charge in [-0.2, -0.15) is 0 Å². The molecule has 0 bridgehead atoms. The molecule has 5 nitrogen and oxygen atoms in total. The fourth-order valence-corrected chi connectivity index (χ4v) is 4.19. The van der Waals surface area contributed by atoms with Crippen LogP contribution in [0.3, 0.4) is 0 Å². The molecule has 1 aromatic heterocycles. The van der Waals surface area contributed by atoms with Crippen molar-refractivity contribution in [1.82, 2.24) is 19.9 Å². The summed E-state index contributed by atoms with van der Waals surface area (Å²) in [6.07, 6.45) is 2.91. The van der Waals surface area contributed by atoms with Crippen molar-refractivity contribution < 1.29 is 4.79 Å². The molecule has 1 atom stereocenters. The third-order valence-corrected chi connectivity index (χ3v) is 5.80. The number of carbonyl (C=O) groups is 1. The lowest BCUT2D eigenvalue weighted by Gasteiger charge is -2.16. The molecule has 0 saturated carbocycles. The number of thioether (sulfide) groups is 1. The van der Waals surface area contributed by atoms with Crippen LogP contribution in [0.5, 0.6) is 0 Å². The normalized spacial score (nSPS) is 16.6. The Morgan fingerprint density at radius 1 is 1.07 bits per heavy atom. The van der Waals surface area contributed by atoms with Gasteiger partial charge >= 0.3 is 0 Å². The maximum Gasteiger partial charge on any atom is 0.232 e. The molecule has 6 heteroatoms. The van der Waals surface area contributed by atoms with E-state index in [0.717, 1.165) is 30.0 Å². The van der Waals surface area contributed by atoms with E-state index in [1.807, 2.05) is 64.3 Å². The molecule has 27 heavy (non-hydrogen) atoms. The average Bonchev–Trinajstić information content (AvgIpc) is 3.39. The molecule has 1 aliphatic heterocycles. The highest BCUT2D eigenvalue weighted by molar-refractivity contribution is 7.99. The highest BCUT2D eigenvalue weighted by atomic mass is 32.2. The Bertz CT molecular complexity index is 881. The lowest BCUT2D eigenvalue weighted by Crippen LogP contribution is -2.30. The topological polar surface area (TPSA) is 51.0 Å². The summed E-state index contributed by atoms with van der Waals surface area (Å²) in [7, 11) is 0. The minimum Gasteiger partial charge on any atom is -0.340 e. The number of likely N-dealkylation sites (tertiary alicyclic amines) is 1. The molecule has 0 N–H and O–H groups in total. The molecule has 4 rings (SSSR count). The largest absolute Gasteiger partial charge is 0.340 e. The molecule has 0 aliphatic carbocycles. The van der Waals surface area contributed by atoms with E-state index in [4.69, 9.17) is 0 Å². The van der Waals surface area contributed by atoms with Crippen molar-refractivity contribution in [1.29, 1.82) is 0 Å². The highest BCUT2D eigenvalue weighted by Crippen LogP contribution is 2.24. The molecule has 0 radical (unpaired) electrons. The first-order valence-electron chi connectivity index (χ1n) is 9.16. The van der Waals surface area contributed by atoms with Crippen LogP contribution in [-0.2, 0) is 10.5 Å². The first-order chi connectivity index (χ1) is 13.3. The van der Waals surface area contributed by atoms with E-state index in [9.17, 15) is 4.79 Å². The van der Waals surface area contributed by atoms with E-state index in [0.29, 0.717) is 12.3 Å². The van der Waals surface area contributed by atoms with Crippen molar-refractivity contribution in [3.63, 3.8) is 0 Å². The van der Waals surface area contributed by atoms with Gasteiger partial charge in [0.05, 0.1) is 18.0 Å². The van der Waals surface area contributed by atoms with E-state index >= 15 is 0 Å². The molecule has 1 unspecified atom stereocenters. The predicted molar refractivity (Wildman–Crippen MR) is 108 cm³/mol. The van der Waals surface area contributed by atoms with E-state index in [1.165, 1.54) is 5.56 Å². The lowest BCUT2D eigenvalue weighted by molar-refractivity contribution is -0.127. The van der Waals surface area contributed by atoms with Gasteiger partial charge < -0.3 is 4.90 Å². The van der Waals surface area contributed by atoms with Gasteiger partial charge in [-0.1, -0.05) is 65.9 Å². The molecule has 1 amide bonds. The second-order valence-electron chi connectivity index (χ2n) is 6.71. The summed E-state index contributed by atoms with van der Waals surface area (Å²) in [5, 5.41) is 8.58. The number of benzene rings is 2. The summed E-state index contributed by atoms with van der Waals surface area (Å²) in [6, 6.07) is 20.5. The Labute approximate surface area is 163 Å². The average molecular weight is 379 g/mol. The zero-order valence-corrected chi connectivity index (χ0v) is 15.9. The molecule has 1 fully saturated rings. The van der Waals surface area contributed by atoms with Crippen LogP contribution in [-0.4, -0.2) is 44.6 Å². The Balaban J connectivity index is 1.29. The summed E-state index contributed by atoms with van der Waals surface area (Å²) in [5.41, 5.74) is 3.19. The van der Waals surface area contributed by atoms with Gasteiger partial charge in [0.25, 0.3) is 0 Å². The number of nitrogens with zero attached hydrogens (tertiary/aromatic N) is 4. The van der Waals surface area contributed by atoms with Crippen molar-refractivity contribution in [2.45, 2.75) is 18.2 Å². The number of amides is 1. The zero-order chi connectivity index (χ0) is 18.5. The quantitative estimate of drug-likeness (QED) is 0.657. The molecule has 1 aliphatic rings. The second-order valence-corrected chi connectivity index (χ2v) is 7.70. The van der Waals surface area contributed by atoms with Crippen LogP contribution in [0.1, 0.15) is 18.0 Å². The van der Waals surface area contributed by atoms with E-state index in [2.05, 4.69) is 22.4 Å². The molecule has 1 saturated heterocycles. The van der Waals surface area contributed by atoms with Crippen LogP contribution in [0.2, 0.25) is 0 Å². The number of hydrogen-bond acceptors (Lipinski definition) is 4. The predicted octanol–water partition coefficient (Wildman–Crippen LogP) is 3.65. The number of carbonyl (C=O) groups excluding carboxylic acids is 1. The fraction of sp³-hybridized carbons (Fsp3) is 0.286. The Morgan fingerprint density at radius 2 is 1.81 bits per heavy atom. The number of rotatable bonds is 6. The van der Waals surface area contributed by atoms with Gasteiger partial charge in [-0.3, -0.25) is 4.79 Å². The van der Waals surface area contributed by atoms with Crippen LogP contribution in [0.25, 0.3) is 11.3 Å². The van der Waals surface area contributed by atoms with Crippen LogP contribution >= 0.6 is 11.8 Å². The summed E-state index contributed by atoms with van der Waals surface area (Å²) >= 11 is 1.67. The molecular weight excluding hydrogens is 356 g/mol. The fourth-order valence-electron chi connectivity index (χ4n) is 3.30. The SMILES string of the molecule is O=C(CSCc1ccccc1)N1CCC(n2cc(-c3ccccc3)nn2)C1. The van der Waals surface area contributed by atoms with Crippen molar-refractivity contribution >= 4 is 17.7 Å². The summed E-state index contributed by atoms with van der Waals surface area (Å²) < 4.78 is 1.91. The van der Waals surface area contributed by atoms with Crippen LogP contribution in [0.4, 0.5) is 0 Å². The molecule has 3 aromatic rings. The Morgan fingerprint density at radius 3 is 2.59 bits per heavy atom. The molecule has 0 spiro atoms. The third kappa shape index (κ3) is 4.39. The van der Waals surface area contributed by atoms with Crippen molar-refractivity contribution in [3.05, 3.63) is 72.4 Å². The number of aromatic nitrogens is 3. The summed E-state index contributed by atoms with van der Waals surface area (Å²) in [5.74, 6) is 1.60. The standard InChI is InChI=1S/C21H22N4OS/c26-21(16-27-15-17-7-3-1-4-8-17)24-12-11-19(13-24)25-14-20(22-23-25)18-9-5-2-6-10-18/h1-10,14,19H,11-13,15-16H2. The van der Waals surface area contributed by atoms with Crippen LogP contribution < -0.4 is 0 Å². The van der Waals surface area contributed by atoms with Crippen molar-refractivity contribution in [3.8, 4) is 11.3 Å². The third-order valence-electron chi connectivity index (χ3n) is 4.81. The Kier molecular flexibility index (Phi) is 5.53. The van der Waals surface area contributed by atoms with Crippen molar-refractivity contribution in [2.75, 3.05) is 18.8 Å². The van der Waals surface area contributed by atoms with Crippen LogP contribution in [0.15, 0.2) is 66.9 Å².